The number of piperazine rings is 1. The van der Waals surface area contributed by atoms with Crippen molar-refractivity contribution < 1.29 is 9.53 Å². The van der Waals surface area contributed by atoms with Gasteiger partial charge in [0.05, 0.1) is 0 Å². The molecule has 2 aliphatic heterocycles. The molecule has 0 bridgehead atoms. The molecule has 1 aromatic rings. The highest BCUT2D eigenvalue weighted by Crippen LogP contribution is 2.26. The van der Waals surface area contributed by atoms with Gasteiger partial charge in [-0.15, -0.1) is 0 Å². The van der Waals surface area contributed by atoms with E-state index >= 15 is 0 Å². The zero-order chi connectivity index (χ0) is 18.0. The van der Waals surface area contributed by atoms with Crippen LogP contribution in [0.4, 0.5) is 16.2 Å². The molecular formula is C19H30N4O2. The van der Waals surface area contributed by atoms with E-state index in [2.05, 4.69) is 21.9 Å². The van der Waals surface area contributed by atoms with Gasteiger partial charge in [-0.25, -0.2) is 4.79 Å². The van der Waals surface area contributed by atoms with Gasteiger partial charge in [-0.05, 0) is 45.0 Å². The van der Waals surface area contributed by atoms with Crippen molar-refractivity contribution in [2.75, 3.05) is 56.4 Å². The standard InChI is InChI=1S/C19H30N4O2/c1-19(2,3)25-18(24)22-10-8-21(9-11-22)12-15-13-23(14-15)17-6-4-16(20)5-7-17/h4-7,15H,8-14,20H2,1-3H3. The molecule has 138 valence electrons. The van der Waals surface area contributed by atoms with E-state index in [4.69, 9.17) is 10.5 Å². The minimum absolute atomic E-state index is 0.190. The predicted molar refractivity (Wildman–Crippen MR) is 101 cm³/mol. The molecular weight excluding hydrogens is 316 g/mol. The molecule has 6 heteroatoms. The Balaban J connectivity index is 1.38. The zero-order valence-corrected chi connectivity index (χ0v) is 15.6. The maximum Gasteiger partial charge on any atom is 0.410 e. The summed E-state index contributed by atoms with van der Waals surface area (Å²) in [5.41, 5.74) is 7.38. The Bertz CT molecular complexity index is 582. The van der Waals surface area contributed by atoms with Gasteiger partial charge in [-0.2, -0.15) is 0 Å². The van der Waals surface area contributed by atoms with Gasteiger partial charge in [-0.3, -0.25) is 4.90 Å². The molecule has 25 heavy (non-hydrogen) atoms. The fraction of sp³-hybridized carbons (Fsp3) is 0.632. The van der Waals surface area contributed by atoms with Crippen LogP contribution < -0.4 is 10.6 Å². The average molecular weight is 346 g/mol. The monoisotopic (exact) mass is 346 g/mol. The van der Waals surface area contributed by atoms with Crippen molar-refractivity contribution in [3.05, 3.63) is 24.3 Å². The summed E-state index contributed by atoms with van der Waals surface area (Å²) in [6, 6.07) is 8.09. The number of rotatable bonds is 3. The lowest BCUT2D eigenvalue weighted by molar-refractivity contribution is 0.0130. The number of amides is 1. The van der Waals surface area contributed by atoms with Crippen molar-refractivity contribution in [3.63, 3.8) is 0 Å². The maximum atomic E-state index is 12.1. The van der Waals surface area contributed by atoms with Crippen LogP contribution in [0.3, 0.4) is 0 Å². The lowest BCUT2D eigenvalue weighted by Gasteiger charge is -2.44. The Hall–Kier alpha value is -1.95. The van der Waals surface area contributed by atoms with Crippen LogP contribution in [0.2, 0.25) is 0 Å². The second-order valence-electron chi connectivity index (χ2n) is 8.13. The summed E-state index contributed by atoms with van der Waals surface area (Å²) < 4.78 is 5.45. The SMILES string of the molecule is CC(C)(C)OC(=O)N1CCN(CC2CN(c3ccc(N)cc3)C2)CC1. The normalized spacial score (nSPS) is 19.6. The first-order chi connectivity index (χ1) is 11.8. The number of hydrogen-bond acceptors (Lipinski definition) is 5. The van der Waals surface area contributed by atoms with E-state index in [0.29, 0.717) is 5.92 Å². The van der Waals surface area contributed by atoms with Crippen molar-refractivity contribution in [3.8, 4) is 0 Å². The van der Waals surface area contributed by atoms with Crippen LogP contribution in [0.15, 0.2) is 24.3 Å². The maximum absolute atomic E-state index is 12.1. The number of nitrogens with two attached hydrogens (primary N) is 1. The van der Waals surface area contributed by atoms with Crippen molar-refractivity contribution >= 4 is 17.5 Å². The van der Waals surface area contributed by atoms with Crippen molar-refractivity contribution in [2.45, 2.75) is 26.4 Å². The largest absolute Gasteiger partial charge is 0.444 e. The van der Waals surface area contributed by atoms with E-state index in [9.17, 15) is 4.79 Å². The lowest BCUT2D eigenvalue weighted by Crippen LogP contribution is -2.55. The number of hydrogen-bond donors (Lipinski definition) is 1. The second kappa shape index (κ2) is 7.12. The van der Waals surface area contributed by atoms with Gasteiger partial charge >= 0.3 is 6.09 Å². The van der Waals surface area contributed by atoms with Crippen molar-refractivity contribution in [2.24, 2.45) is 5.92 Å². The highest BCUT2D eigenvalue weighted by atomic mass is 16.6. The number of carbonyl (C=O) groups excluding carboxylic acids is 1. The first-order valence-corrected chi connectivity index (χ1v) is 9.11. The molecule has 2 aliphatic rings. The Morgan fingerprint density at radius 3 is 2.28 bits per heavy atom. The summed E-state index contributed by atoms with van der Waals surface area (Å²) in [5.74, 6) is 0.700. The predicted octanol–water partition coefficient (Wildman–Crippen LogP) is 2.26. The van der Waals surface area contributed by atoms with Gasteiger partial charge in [0.2, 0.25) is 0 Å². The molecule has 0 aliphatic carbocycles. The molecule has 1 amide bonds. The van der Waals surface area contributed by atoms with Gasteiger partial charge in [0.1, 0.15) is 5.60 Å². The highest BCUT2D eigenvalue weighted by molar-refractivity contribution is 5.68. The summed E-state index contributed by atoms with van der Waals surface area (Å²) >= 11 is 0. The van der Waals surface area contributed by atoms with Crippen LogP contribution in [0.25, 0.3) is 0 Å². The molecule has 0 atom stereocenters. The van der Waals surface area contributed by atoms with Gasteiger partial charge in [0.25, 0.3) is 0 Å². The number of ether oxygens (including phenoxy) is 1. The van der Waals surface area contributed by atoms with E-state index < -0.39 is 5.60 Å². The van der Waals surface area contributed by atoms with Gasteiger partial charge in [-0.1, -0.05) is 0 Å². The summed E-state index contributed by atoms with van der Waals surface area (Å²) in [7, 11) is 0. The van der Waals surface area contributed by atoms with Crippen LogP contribution >= 0.6 is 0 Å². The minimum Gasteiger partial charge on any atom is -0.444 e. The smallest absolute Gasteiger partial charge is 0.410 e. The zero-order valence-electron chi connectivity index (χ0n) is 15.6. The number of benzene rings is 1. The fourth-order valence-electron chi connectivity index (χ4n) is 3.39. The van der Waals surface area contributed by atoms with Crippen LogP contribution in [0, 0.1) is 5.92 Å². The third-order valence-electron chi connectivity index (χ3n) is 4.76. The second-order valence-corrected chi connectivity index (χ2v) is 8.13. The van der Waals surface area contributed by atoms with Crippen molar-refractivity contribution in [1.82, 2.24) is 9.80 Å². The molecule has 1 aromatic carbocycles. The molecule has 2 fully saturated rings. The van der Waals surface area contributed by atoms with E-state index in [0.717, 1.165) is 51.5 Å². The Morgan fingerprint density at radius 1 is 1.12 bits per heavy atom. The molecule has 2 saturated heterocycles. The minimum atomic E-state index is -0.425. The van der Waals surface area contributed by atoms with Crippen LogP contribution in [-0.4, -0.2) is 67.3 Å². The van der Waals surface area contributed by atoms with E-state index in [-0.39, 0.29) is 6.09 Å². The fourth-order valence-corrected chi connectivity index (χ4v) is 3.39. The number of nitrogen functional groups attached to an aromatic ring is 1. The van der Waals surface area contributed by atoms with E-state index in [1.165, 1.54) is 5.69 Å². The highest BCUT2D eigenvalue weighted by Gasteiger charge is 2.31. The number of carbonyl (C=O) groups is 1. The first-order valence-electron chi connectivity index (χ1n) is 9.11. The summed E-state index contributed by atoms with van der Waals surface area (Å²) in [4.78, 5) is 18.8. The van der Waals surface area contributed by atoms with E-state index in [1.807, 2.05) is 37.8 Å². The summed E-state index contributed by atoms with van der Waals surface area (Å²) in [6.07, 6.45) is -0.190. The summed E-state index contributed by atoms with van der Waals surface area (Å²) in [6.45, 7) is 12.4. The number of nitrogens with zero attached hydrogens (tertiary/aromatic N) is 3. The first kappa shape index (κ1) is 17.9. The lowest BCUT2D eigenvalue weighted by atomic mass is 9.98. The molecule has 0 saturated carbocycles. The van der Waals surface area contributed by atoms with Gasteiger partial charge < -0.3 is 20.3 Å². The van der Waals surface area contributed by atoms with E-state index in [1.54, 1.807) is 0 Å². The van der Waals surface area contributed by atoms with Gasteiger partial charge in [0, 0.05) is 63.1 Å². The van der Waals surface area contributed by atoms with Crippen molar-refractivity contribution in [1.29, 1.82) is 0 Å². The molecule has 2 heterocycles. The summed E-state index contributed by atoms with van der Waals surface area (Å²) in [5, 5.41) is 0. The molecule has 0 aromatic heterocycles. The third kappa shape index (κ3) is 4.78. The topological polar surface area (TPSA) is 62.0 Å². The van der Waals surface area contributed by atoms with Crippen LogP contribution in [0.1, 0.15) is 20.8 Å². The Kier molecular flexibility index (Phi) is 5.08. The quantitative estimate of drug-likeness (QED) is 0.851. The molecule has 3 rings (SSSR count). The van der Waals surface area contributed by atoms with Crippen LogP contribution in [0.5, 0.6) is 0 Å². The molecule has 0 unspecified atom stereocenters. The third-order valence-corrected chi connectivity index (χ3v) is 4.76. The average Bonchev–Trinajstić information content (AvgIpc) is 2.50. The molecule has 2 N–H and O–H groups in total. The molecule has 0 radical (unpaired) electrons. The van der Waals surface area contributed by atoms with Crippen LogP contribution in [-0.2, 0) is 4.74 Å². The molecule has 0 spiro atoms. The Morgan fingerprint density at radius 2 is 1.72 bits per heavy atom. The van der Waals surface area contributed by atoms with Gasteiger partial charge in [0.15, 0.2) is 0 Å². The Labute approximate surface area is 150 Å². The number of anilines is 2. The molecule has 6 nitrogen and oxygen atoms in total.